The highest BCUT2D eigenvalue weighted by Crippen LogP contribution is 2.34. The van der Waals surface area contributed by atoms with Crippen molar-refractivity contribution in [2.75, 3.05) is 0 Å². The third kappa shape index (κ3) is 5.11. The Morgan fingerprint density at radius 1 is 1.07 bits per heavy atom. The van der Waals surface area contributed by atoms with Crippen LogP contribution in [0.2, 0.25) is 0 Å². The van der Waals surface area contributed by atoms with E-state index in [0.717, 1.165) is 0 Å². The average Bonchev–Trinajstić information content (AvgIpc) is 2.57. The summed E-state index contributed by atoms with van der Waals surface area (Å²) in [5.41, 5.74) is -0.775. The number of ether oxygens (including phenoxy) is 1. The van der Waals surface area contributed by atoms with Gasteiger partial charge in [-0.1, -0.05) is 6.08 Å². The van der Waals surface area contributed by atoms with Crippen LogP contribution in [-0.2, 0) is 4.79 Å². The number of allylic oxidation sites excluding steroid dienone is 1. The fourth-order valence-electron chi connectivity index (χ4n) is 2.06. The number of hydrogen-bond acceptors (Lipinski definition) is 5. The lowest BCUT2D eigenvalue weighted by Gasteiger charge is -2.21. The van der Waals surface area contributed by atoms with Gasteiger partial charge in [-0.2, -0.15) is 0 Å². The van der Waals surface area contributed by atoms with Crippen LogP contribution >= 0.6 is 31.9 Å². The van der Waals surface area contributed by atoms with Crippen LogP contribution in [0.3, 0.4) is 0 Å². The van der Waals surface area contributed by atoms with E-state index in [1.54, 1.807) is 12.1 Å². The Morgan fingerprint density at radius 3 is 2.19 bits per heavy atom. The predicted octanol–water partition coefficient (Wildman–Crippen LogP) is 4.76. The number of phenolic OH excluding ortho intramolecular Hbond substituents is 2. The molecule has 0 aliphatic heterocycles. The third-order valence-electron chi connectivity index (χ3n) is 3.59. The summed E-state index contributed by atoms with van der Waals surface area (Å²) in [7, 11) is 0. The normalized spacial score (nSPS) is 11.6. The lowest BCUT2D eigenvalue weighted by molar-refractivity contribution is -0.152. The molecule has 2 rings (SSSR count). The molecule has 0 aliphatic carbocycles. The highest BCUT2D eigenvalue weighted by molar-refractivity contribution is 9.11. The van der Waals surface area contributed by atoms with Crippen molar-refractivity contribution in [3.63, 3.8) is 0 Å². The molecule has 0 saturated carbocycles. The summed E-state index contributed by atoms with van der Waals surface area (Å²) in [6.07, 6.45) is 2.82. The number of carbonyl (C=O) groups excluding carboxylic acids is 1. The largest absolute Gasteiger partial charge is 0.507 e. The van der Waals surface area contributed by atoms with Gasteiger partial charge in [-0.25, -0.2) is 4.79 Å². The SMILES string of the molecule is CC(C)(Oc1ccc(C(=O)/C=C/c2cc(Br)c(O)c(Br)c2)c(O)c1)C(=O)O. The number of carboxylic acids is 1. The predicted molar refractivity (Wildman–Crippen MR) is 107 cm³/mol. The van der Waals surface area contributed by atoms with Gasteiger partial charge in [0.15, 0.2) is 11.4 Å². The number of carboxylic acid groups (broad SMARTS) is 1. The Labute approximate surface area is 172 Å². The highest BCUT2D eigenvalue weighted by Gasteiger charge is 2.29. The van der Waals surface area contributed by atoms with Crippen molar-refractivity contribution in [3.8, 4) is 17.2 Å². The Balaban J connectivity index is 2.21. The zero-order valence-electron chi connectivity index (χ0n) is 14.4. The van der Waals surface area contributed by atoms with Crippen LogP contribution in [0.15, 0.2) is 45.4 Å². The molecule has 0 heterocycles. The summed E-state index contributed by atoms with van der Waals surface area (Å²) in [6.45, 7) is 2.75. The molecule has 0 aliphatic rings. The van der Waals surface area contributed by atoms with Gasteiger partial charge in [0.25, 0.3) is 0 Å². The average molecular weight is 500 g/mol. The Bertz CT molecular complexity index is 911. The van der Waals surface area contributed by atoms with E-state index in [1.165, 1.54) is 44.2 Å². The summed E-state index contributed by atoms with van der Waals surface area (Å²) in [6, 6.07) is 7.24. The van der Waals surface area contributed by atoms with Gasteiger partial charge in [0.2, 0.25) is 0 Å². The highest BCUT2D eigenvalue weighted by atomic mass is 79.9. The van der Waals surface area contributed by atoms with Gasteiger partial charge in [-0.15, -0.1) is 0 Å². The molecule has 2 aromatic carbocycles. The van der Waals surface area contributed by atoms with Gasteiger partial charge >= 0.3 is 5.97 Å². The molecule has 0 spiro atoms. The molecule has 2 aromatic rings. The van der Waals surface area contributed by atoms with Crippen LogP contribution in [-0.4, -0.2) is 32.7 Å². The molecule has 0 aromatic heterocycles. The van der Waals surface area contributed by atoms with E-state index in [-0.39, 0.29) is 22.8 Å². The second-order valence-electron chi connectivity index (χ2n) is 6.13. The van der Waals surface area contributed by atoms with E-state index in [1.807, 2.05) is 0 Å². The minimum Gasteiger partial charge on any atom is -0.507 e. The number of ketones is 1. The minimum absolute atomic E-state index is 0.0450. The Morgan fingerprint density at radius 2 is 1.67 bits per heavy atom. The van der Waals surface area contributed by atoms with Crippen molar-refractivity contribution >= 4 is 49.7 Å². The van der Waals surface area contributed by atoms with Crippen LogP contribution in [0.4, 0.5) is 0 Å². The maximum absolute atomic E-state index is 12.3. The Kier molecular flexibility index (Phi) is 6.33. The zero-order chi connectivity index (χ0) is 20.4. The molecule has 0 radical (unpaired) electrons. The number of phenols is 2. The number of halogens is 2. The molecule has 3 N–H and O–H groups in total. The van der Waals surface area contributed by atoms with E-state index >= 15 is 0 Å². The van der Waals surface area contributed by atoms with Crippen LogP contribution in [0.25, 0.3) is 6.08 Å². The number of aliphatic carboxylic acids is 1. The van der Waals surface area contributed by atoms with Gasteiger partial charge in [-0.3, -0.25) is 4.79 Å². The molecule has 0 atom stereocenters. The van der Waals surface area contributed by atoms with E-state index in [2.05, 4.69) is 31.9 Å². The smallest absolute Gasteiger partial charge is 0.347 e. The molecule has 0 saturated heterocycles. The monoisotopic (exact) mass is 498 g/mol. The summed E-state index contributed by atoms with van der Waals surface area (Å²) in [5.74, 6) is -1.74. The summed E-state index contributed by atoms with van der Waals surface area (Å²) < 4.78 is 6.26. The molecule has 0 fully saturated rings. The molecule has 0 bridgehead atoms. The number of rotatable bonds is 6. The van der Waals surface area contributed by atoms with Crippen molar-refractivity contribution in [1.29, 1.82) is 0 Å². The first-order valence-corrected chi connectivity index (χ1v) is 9.25. The molecular formula is C19H16Br2O6. The first kappa shape index (κ1) is 21.0. The van der Waals surface area contributed by atoms with E-state index in [9.17, 15) is 19.8 Å². The van der Waals surface area contributed by atoms with E-state index in [4.69, 9.17) is 9.84 Å². The van der Waals surface area contributed by atoms with Crippen LogP contribution < -0.4 is 4.74 Å². The molecule has 0 unspecified atom stereocenters. The maximum Gasteiger partial charge on any atom is 0.347 e. The number of aromatic hydroxyl groups is 2. The fraction of sp³-hybridized carbons (Fsp3) is 0.158. The number of hydrogen-bond donors (Lipinski definition) is 3. The van der Waals surface area contributed by atoms with Crippen LogP contribution in [0, 0.1) is 0 Å². The standard InChI is InChI=1S/C19H16Br2O6/c1-19(2,18(25)26)27-11-4-5-12(16(23)9-11)15(22)6-3-10-7-13(20)17(24)14(21)8-10/h3-9,23-24H,1-2H3,(H,25,26)/b6-3+. The summed E-state index contributed by atoms with van der Waals surface area (Å²) in [4.78, 5) is 23.4. The van der Waals surface area contributed by atoms with Crippen molar-refractivity contribution in [2.45, 2.75) is 19.4 Å². The molecule has 142 valence electrons. The molecule has 0 amide bonds. The molecule has 27 heavy (non-hydrogen) atoms. The molecular weight excluding hydrogens is 484 g/mol. The van der Waals surface area contributed by atoms with Crippen molar-refractivity contribution in [3.05, 3.63) is 56.5 Å². The lowest BCUT2D eigenvalue weighted by atomic mass is 10.1. The van der Waals surface area contributed by atoms with Crippen molar-refractivity contribution in [2.24, 2.45) is 0 Å². The summed E-state index contributed by atoms with van der Waals surface area (Å²) >= 11 is 6.42. The quantitative estimate of drug-likeness (QED) is 0.391. The lowest BCUT2D eigenvalue weighted by Crippen LogP contribution is -2.37. The van der Waals surface area contributed by atoms with Gasteiger partial charge < -0.3 is 20.1 Å². The van der Waals surface area contributed by atoms with E-state index in [0.29, 0.717) is 14.5 Å². The van der Waals surface area contributed by atoms with Gasteiger partial charge in [-0.05, 0) is 81.6 Å². The van der Waals surface area contributed by atoms with Gasteiger partial charge in [0.05, 0.1) is 14.5 Å². The minimum atomic E-state index is -1.47. The van der Waals surface area contributed by atoms with Crippen molar-refractivity contribution in [1.82, 2.24) is 0 Å². The topological polar surface area (TPSA) is 104 Å². The van der Waals surface area contributed by atoms with Crippen LogP contribution in [0.5, 0.6) is 17.2 Å². The number of carbonyl (C=O) groups is 2. The summed E-state index contributed by atoms with van der Waals surface area (Å²) in [5, 5.41) is 28.9. The maximum atomic E-state index is 12.3. The first-order valence-electron chi connectivity index (χ1n) is 7.67. The second-order valence-corrected chi connectivity index (χ2v) is 7.84. The van der Waals surface area contributed by atoms with E-state index < -0.39 is 17.4 Å². The third-order valence-corrected chi connectivity index (χ3v) is 4.80. The molecule has 6 nitrogen and oxygen atoms in total. The van der Waals surface area contributed by atoms with Crippen LogP contribution in [0.1, 0.15) is 29.8 Å². The zero-order valence-corrected chi connectivity index (χ0v) is 17.5. The second kappa shape index (κ2) is 8.14. The van der Waals surface area contributed by atoms with Gasteiger partial charge in [0, 0.05) is 6.07 Å². The number of benzene rings is 2. The first-order chi connectivity index (χ1) is 12.5. The van der Waals surface area contributed by atoms with Gasteiger partial charge in [0.1, 0.15) is 17.2 Å². The Hall–Kier alpha value is -2.32. The van der Waals surface area contributed by atoms with Crippen molar-refractivity contribution < 1.29 is 29.6 Å². The fourth-order valence-corrected chi connectivity index (χ4v) is 3.29. The molecule has 8 heteroatoms.